The Morgan fingerprint density at radius 3 is 2.52 bits per heavy atom. The van der Waals surface area contributed by atoms with Crippen LogP contribution in [0, 0.1) is 0 Å². The number of anilines is 1. The van der Waals surface area contributed by atoms with Crippen molar-refractivity contribution < 1.29 is 17.9 Å². The second kappa shape index (κ2) is 8.38. The summed E-state index contributed by atoms with van der Waals surface area (Å²) >= 11 is 0. The van der Waals surface area contributed by atoms with Gasteiger partial charge in [0.15, 0.2) is 6.10 Å². The van der Waals surface area contributed by atoms with Crippen LogP contribution >= 0.6 is 0 Å². The second-order valence-corrected chi connectivity index (χ2v) is 8.32. The molecule has 6 nitrogen and oxygen atoms in total. The maximum absolute atomic E-state index is 12.1. The zero-order valence-electron chi connectivity index (χ0n) is 15.0. The number of nitrogens with one attached hydrogen (secondary N) is 1. The van der Waals surface area contributed by atoms with Gasteiger partial charge in [-0.15, -0.1) is 0 Å². The number of sulfonamides is 1. The fraction of sp³-hybridized carbons (Fsp3) is 0.500. The van der Waals surface area contributed by atoms with E-state index in [0.29, 0.717) is 18.0 Å². The molecule has 0 saturated carbocycles. The molecule has 25 heavy (non-hydrogen) atoms. The van der Waals surface area contributed by atoms with Gasteiger partial charge in [-0.2, -0.15) is 0 Å². The average Bonchev–Trinajstić information content (AvgIpc) is 2.59. The molecule has 1 amide bonds. The number of carbonyl (C=O) groups is 1. The maximum atomic E-state index is 12.1. The first-order chi connectivity index (χ1) is 11.8. The van der Waals surface area contributed by atoms with Crippen molar-refractivity contribution >= 4 is 21.6 Å². The molecule has 0 heterocycles. The Morgan fingerprint density at radius 2 is 1.96 bits per heavy atom. The van der Waals surface area contributed by atoms with E-state index in [4.69, 9.17) is 4.74 Å². The second-order valence-electron chi connectivity index (χ2n) is 6.31. The van der Waals surface area contributed by atoms with Crippen LogP contribution in [0.5, 0.6) is 5.75 Å². The molecule has 1 atom stereocenters. The fourth-order valence-electron chi connectivity index (χ4n) is 2.59. The quantitative estimate of drug-likeness (QED) is 0.752. The molecule has 138 valence electrons. The summed E-state index contributed by atoms with van der Waals surface area (Å²) in [6, 6.07) is 6.61. The van der Waals surface area contributed by atoms with Crippen molar-refractivity contribution in [2.45, 2.75) is 38.7 Å². The normalized spacial score (nSPS) is 15.9. The number of hydrogen-bond donors (Lipinski definition) is 1. The van der Waals surface area contributed by atoms with Crippen LogP contribution < -0.4 is 14.4 Å². The van der Waals surface area contributed by atoms with Gasteiger partial charge in [-0.1, -0.05) is 11.6 Å². The van der Waals surface area contributed by atoms with E-state index in [2.05, 4.69) is 11.4 Å². The molecule has 0 spiro atoms. The summed E-state index contributed by atoms with van der Waals surface area (Å²) in [6.45, 7) is 2.27. The van der Waals surface area contributed by atoms with Crippen molar-refractivity contribution in [2.24, 2.45) is 0 Å². The molecule has 1 aliphatic carbocycles. The van der Waals surface area contributed by atoms with Gasteiger partial charge in [-0.25, -0.2) is 8.42 Å². The van der Waals surface area contributed by atoms with Gasteiger partial charge < -0.3 is 10.1 Å². The predicted molar refractivity (Wildman–Crippen MR) is 99.3 cm³/mol. The lowest BCUT2D eigenvalue weighted by atomic mass is 10.00. The first-order valence-corrected chi connectivity index (χ1v) is 10.3. The van der Waals surface area contributed by atoms with Gasteiger partial charge in [0.1, 0.15) is 5.75 Å². The number of nitrogens with zero attached hydrogens (tertiary/aromatic N) is 1. The number of carbonyl (C=O) groups excluding carboxylic acids is 1. The zero-order valence-corrected chi connectivity index (χ0v) is 15.8. The van der Waals surface area contributed by atoms with E-state index in [1.165, 1.54) is 29.8 Å². The van der Waals surface area contributed by atoms with Crippen molar-refractivity contribution in [3.63, 3.8) is 0 Å². The van der Waals surface area contributed by atoms with Crippen molar-refractivity contribution in [3.8, 4) is 5.75 Å². The average molecular weight is 366 g/mol. The van der Waals surface area contributed by atoms with Crippen molar-refractivity contribution in [2.75, 3.05) is 24.2 Å². The Bertz CT molecular complexity index is 726. The highest BCUT2D eigenvalue weighted by atomic mass is 32.2. The minimum Gasteiger partial charge on any atom is -0.481 e. The summed E-state index contributed by atoms with van der Waals surface area (Å²) in [7, 11) is -1.81. The Balaban J connectivity index is 1.88. The summed E-state index contributed by atoms with van der Waals surface area (Å²) in [5.41, 5.74) is 1.82. The first-order valence-electron chi connectivity index (χ1n) is 8.43. The topological polar surface area (TPSA) is 75.7 Å². The Kier molecular flexibility index (Phi) is 6.47. The molecule has 7 heteroatoms. The molecule has 1 aliphatic rings. The van der Waals surface area contributed by atoms with E-state index in [1.807, 2.05) is 0 Å². The van der Waals surface area contributed by atoms with E-state index in [9.17, 15) is 13.2 Å². The van der Waals surface area contributed by atoms with Crippen LogP contribution in [-0.4, -0.2) is 40.3 Å². The van der Waals surface area contributed by atoms with Crippen molar-refractivity contribution in [1.29, 1.82) is 0 Å². The van der Waals surface area contributed by atoms with Crippen LogP contribution in [0.2, 0.25) is 0 Å². The first kappa shape index (κ1) is 19.3. The summed E-state index contributed by atoms with van der Waals surface area (Å²) in [6.07, 6.45) is 7.26. The third-order valence-corrected chi connectivity index (χ3v) is 5.46. The number of rotatable bonds is 7. The molecule has 2 rings (SSSR count). The molecule has 0 aromatic heterocycles. The Labute approximate surface area is 149 Å². The lowest BCUT2D eigenvalue weighted by Gasteiger charge is -2.19. The zero-order chi connectivity index (χ0) is 18.4. The molecular weight excluding hydrogens is 340 g/mol. The number of benzene rings is 1. The van der Waals surface area contributed by atoms with Crippen LogP contribution in [0.4, 0.5) is 5.69 Å². The number of ether oxygens (including phenoxy) is 1. The number of hydrogen-bond acceptors (Lipinski definition) is 4. The summed E-state index contributed by atoms with van der Waals surface area (Å²) in [5, 5.41) is 2.90. The molecular formula is C18H26N2O4S. The van der Waals surface area contributed by atoms with Crippen molar-refractivity contribution in [3.05, 3.63) is 35.9 Å². The number of allylic oxidation sites excluding steroid dienone is 1. The fourth-order valence-corrected chi connectivity index (χ4v) is 3.10. The van der Waals surface area contributed by atoms with E-state index in [-0.39, 0.29) is 5.91 Å². The van der Waals surface area contributed by atoms with Gasteiger partial charge in [0.05, 0.1) is 11.9 Å². The van der Waals surface area contributed by atoms with E-state index in [1.54, 1.807) is 31.2 Å². The van der Waals surface area contributed by atoms with E-state index < -0.39 is 16.1 Å². The third kappa shape index (κ3) is 5.77. The highest BCUT2D eigenvalue weighted by Gasteiger charge is 2.16. The van der Waals surface area contributed by atoms with Crippen LogP contribution in [0.3, 0.4) is 0 Å². The predicted octanol–water partition coefficient (Wildman–Crippen LogP) is 2.47. The number of amides is 1. The molecule has 0 radical (unpaired) electrons. The van der Waals surface area contributed by atoms with Gasteiger partial charge in [-0.3, -0.25) is 9.10 Å². The van der Waals surface area contributed by atoms with Crippen LogP contribution in [0.25, 0.3) is 0 Å². The summed E-state index contributed by atoms with van der Waals surface area (Å²) < 4.78 is 29.9. The van der Waals surface area contributed by atoms with Crippen molar-refractivity contribution in [1.82, 2.24) is 5.32 Å². The van der Waals surface area contributed by atoms with Crippen LogP contribution in [0.1, 0.15) is 32.6 Å². The Hall–Kier alpha value is -2.02. The molecule has 0 aliphatic heterocycles. The monoisotopic (exact) mass is 366 g/mol. The summed E-state index contributed by atoms with van der Waals surface area (Å²) in [5.74, 6) is 0.356. The molecule has 0 fully saturated rings. The van der Waals surface area contributed by atoms with Gasteiger partial charge in [0, 0.05) is 13.6 Å². The van der Waals surface area contributed by atoms with Gasteiger partial charge in [-0.05, 0) is 56.9 Å². The maximum Gasteiger partial charge on any atom is 0.261 e. The lowest BCUT2D eigenvalue weighted by molar-refractivity contribution is -0.127. The van der Waals surface area contributed by atoms with E-state index in [0.717, 1.165) is 19.1 Å². The standard InChI is InChI=1S/C18H26N2O4S/c1-14(18(21)19-13-15-7-5-4-6-8-15)24-17-11-9-16(10-12-17)20(2)25(3,22)23/h7,9-12,14H,4-6,8,13H2,1-3H3,(H,19,21)/t14-/m1/s1. The van der Waals surface area contributed by atoms with Gasteiger partial charge in [0.25, 0.3) is 5.91 Å². The minimum absolute atomic E-state index is 0.163. The highest BCUT2D eigenvalue weighted by molar-refractivity contribution is 7.92. The molecule has 0 unspecified atom stereocenters. The Morgan fingerprint density at radius 1 is 1.28 bits per heavy atom. The SMILES string of the molecule is C[C@@H](Oc1ccc(N(C)S(C)(=O)=O)cc1)C(=O)NCC1=CCCCC1. The van der Waals surface area contributed by atoms with Crippen LogP contribution in [-0.2, 0) is 14.8 Å². The van der Waals surface area contributed by atoms with Crippen LogP contribution in [0.15, 0.2) is 35.9 Å². The molecule has 1 N–H and O–H groups in total. The lowest BCUT2D eigenvalue weighted by Crippen LogP contribution is -2.37. The van der Waals surface area contributed by atoms with Gasteiger partial charge in [0.2, 0.25) is 10.0 Å². The van der Waals surface area contributed by atoms with E-state index >= 15 is 0 Å². The smallest absolute Gasteiger partial charge is 0.261 e. The van der Waals surface area contributed by atoms with Gasteiger partial charge >= 0.3 is 0 Å². The molecule has 1 aromatic carbocycles. The third-order valence-electron chi connectivity index (χ3n) is 4.25. The highest BCUT2D eigenvalue weighted by Crippen LogP contribution is 2.21. The molecule has 0 bridgehead atoms. The minimum atomic E-state index is -3.30. The molecule has 1 aromatic rings. The molecule has 0 saturated heterocycles. The largest absolute Gasteiger partial charge is 0.481 e. The summed E-state index contributed by atoms with van der Waals surface area (Å²) in [4.78, 5) is 12.1.